The first-order valence-electron chi connectivity index (χ1n) is 5.36. The number of allylic oxidation sites excluding steroid dienone is 1. The second-order valence-corrected chi connectivity index (χ2v) is 3.73. The summed E-state index contributed by atoms with van der Waals surface area (Å²) in [5.41, 5.74) is 2.06. The summed E-state index contributed by atoms with van der Waals surface area (Å²) in [6.07, 6.45) is 3.19. The minimum Gasteiger partial charge on any atom is -0.422 e. The van der Waals surface area contributed by atoms with Crippen molar-refractivity contribution >= 4 is 10.9 Å². The lowest BCUT2D eigenvalue weighted by atomic mass is 10.2. The highest BCUT2D eigenvalue weighted by molar-refractivity contribution is 5.85. The number of rotatable bonds is 3. The topological polar surface area (TPSA) is 43.9 Å². The highest BCUT2D eigenvalue weighted by atomic mass is 16.4. The summed E-state index contributed by atoms with van der Waals surface area (Å²) in [7, 11) is 0. The second kappa shape index (κ2) is 3.90. The van der Waals surface area contributed by atoms with Crippen molar-refractivity contribution in [3.05, 3.63) is 49.4 Å². The van der Waals surface area contributed by atoms with Gasteiger partial charge in [-0.15, -0.1) is 16.8 Å². The van der Waals surface area contributed by atoms with Gasteiger partial charge >= 0.3 is 0 Å². The quantitative estimate of drug-likeness (QED) is 0.644. The molecule has 0 fully saturated rings. The van der Waals surface area contributed by atoms with Crippen LogP contribution in [0.25, 0.3) is 22.5 Å². The number of hydrogen-bond acceptors (Lipinski definition) is 3. The summed E-state index contributed by atoms with van der Waals surface area (Å²) in [4.78, 5) is 0. The molecule has 0 unspecified atom stereocenters. The third-order valence-corrected chi connectivity index (χ3v) is 2.70. The highest BCUT2D eigenvalue weighted by Gasteiger charge is 2.12. The lowest BCUT2D eigenvalue weighted by Crippen LogP contribution is -1.97. The first kappa shape index (κ1) is 9.84. The molecular formula is C13H11N3O. The third kappa shape index (κ3) is 1.54. The molecule has 0 N–H and O–H groups in total. The van der Waals surface area contributed by atoms with Crippen LogP contribution in [0.15, 0.2) is 53.8 Å². The van der Waals surface area contributed by atoms with Crippen molar-refractivity contribution in [2.45, 2.75) is 6.54 Å². The number of fused-ring (bicyclic) bond motifs is 1. The Labute approximate surface area is 98.2 Å². The predicted molar refractivity (Wildman–Crippen MR) is 65.4 cm³/mol. The van der Waals surface area contributed by atoms with Crippen LogP contribution in [-0.2, 0) is 6.54 Å². The number of para-hydroxylation sites is 1. The molecule has 2 heterocycles. The summed E-state index contributed by atoms with van der Waals surface area (Å²) >= 11 is 0. The monoisotopic (exact) mass is 225 g/mol. The van der Waals surface area contributed by atoms with Crippen molar-refractivity contribution < 1.29 is 4.42 Å². The standard InChI is InChI=1S/C13H11N3O/c1-2-7-16-11-6-4-3-5-10(11)8-12(16)13-15-14-9-17-13/h2-6,8-9H,1,7H2. The summed E-state index contributed by atoms with van der Waals surface area (Å²) in [5.74, 6) is 0.531. The van der Waals surface area contributed by atoms with Gasteiger partial charge < -0.3 is 8.98 Å². The lowest BCUT2D eigenvalue weighted by molar-refractivity contribution is 0.562. The average Bonchev–Trinajstić information content (AvgIpc) is 2.97. The maximum atomic E-state index is 5.26. The van der Waals surface area contributed by atoms with Gasteiger partial charge in [0.1, 0.15) is 5.69 Å². The molecule has 0 saturated heterocycles. The largest absolute Gasteiger partial charge is 0.422 e. The lowest BCUT2D eigenvalue weighted by Gasteiger charge is -2.04. The molecule has 1 aromatic carbocycles. The summed E-state index contributed by atoms with van der Waals surface area (Å²) < 4.78 is 7.37. The van der Waals surface area contributed by atoms with Crippen LogP contribution in [0.3, 0.4) is 0 Å². The SMILES string of the molecule is C=CCn1c(-c2nnco2)cc2ccccc21. The molecule has 84 valence electrons. The molecule has 3 aromatic rings. The zero-order valence-corrected chi connectivity index (χ0v) is 9.21. The van der Waals surface area contributed by atoms with Gasteiger partial charge in [0.05, 0.1) is 0 Å². The minimum atomic E-state index is 0.531. The fraction of sp³-hybridized carbons (Fsp3) is 0.0769. The molecule has 2 aromatic heterocycles. The van der Waals surface area contributed by atoms with Crippen LogP contribution in [0, 0.1) is 0 Å². The van der Waals surface area contributed by atoms with Crippen LogP contribution in [0.4, 0.5) is 0 Å². The van der Waals surface area contributed by atoms with E-state index in [-0.39, 0.29) is 0 Å². The molecule has 0 amide bonds. The zero-order valence-electron chi connectivity index (χ0n) is 9.21. The summed E-state index contributed by atoms with van der Waals surface area (Å²) in [6, 6.07) is 10.2. The Morgan fingerprint density at radius 1 is 1.35 bits per heavy atom. The van der Waals surface area contributed by atoms with Crippen molar-refractivity contribution in [1.82, 2.24) is 14.8 Å². The van der Waals surface area contributed by atoms with Gasteiger partial charge in [0, 0.05) is 17.4 Å². The van der Waals surface area contributed by atoms with Gasteiger partial charge in [-0.1, -0.05) is 24.3 Å². The number of aromatic nitrogens is 3. The van der Waals surface area contributed by atoms with Gasteiger partial charge in [-0.25, -0.2) is 0 Å². The van der Waals surface area contributed by atoms with Gasteiger partial charge in [-0.2, -0.15) is 0 Å². The van der Waals surface area contributed by atoms with E-state index in [1.54, 1.807) is 0 Å². The molecule has 4 heteroatoms. The molecule has 0 atom stereocenters. The average molecular weight is 225 g/mol. The zero-order chi connectivity index (χ0) is 11.7. The second-order valence-electron chi connectivity index (χ2n) is 3.73. The molecule has 0 spiro atoms. The Bertz CT molecular complexity index is 652. The van der Waals surface area contributed by atoms with E-state index in [0.29, 0.717) is 12.4 Å². The van der Waals surface area contributed by atoms with Gasteiger partial charge in [0.25, 0.3) is 5.89 Å². The maximum absolute atomic E-state index is 5.26. The van der Waals surface area contributed by atoms with Crippen molar-refractivity contribution in [2.24, 2.45) is 0 Å². The van der Waals surface area contributed by atoms with E-state index in [2.05, 4.69) is 33.5 Å². The number of hydrogen-bond donors (Lipinski definition) is 0. The highest BCUT2D eigenvalue weighted by Crippen LogP contribution is 2.26. The van der Waals surface area contributed by atoms with Crippen LogP contribution in [0.2, 0.25) is 0 Å². The van der Waals surface area contributed by atoms with Gasteiger partial charge in [-0.3, -0.25) is 0 Å². The van der Waals surface area contributed by atoms with Gasteiger partial charge in [0.15, 0.2) is 0 Å². The van der Waals surface area contributed by atoms with Crippen LogP contribution in [0.1, 0.15) is 0 Å². The van der Waals surface area contributed by atoms with E-state index < -0.39 is 0 Å². The fourth-order valence-electron chi connectivity index (χ4n) is 2.00. The molecule has 0 bridgehead atoms. The smallest absolute Gasteiger partial charge is 0.264 e. The first-order chi connectivity index (χ1) is 8.40. The van der Waals surface area contributed by atoms with Crippen molar-refractivity contribution in [1.29, 1.82) is 0 Å². The Balaban J connectivity index is 2.29. The molecule has 0 saturated carbocycles. The van der Waals surface area contributed by atoms with Crippen LogP contribution < -0.4 is 0 Å². The first-order valence-corrected chi connectivity index (χ1v) is 5.36. The van der Waals surface area contributed by atoms with Crippen LogP contribution in [0.5, 0.6) is 0 Å². The van der Waals surface area contributed by atoms with Crippen molar-refractivity contribution in [3.63, 3.8) is 0 Å². The summed E-state index contributed by atoms with van der Waals surface area (Å²) in [6.45, 7) is 4.49. The molecule has 4 nitrogen and oxygen atoms in total. The Morgan fingerprint density at radius 2 is 2.24 bits per heavy atom. The number of benzene rings is 1. The summed E-state index contributed by atoms with van der Waals surface area (Å²) in [5, 5.41) is 8.82. The van der Waals surface area contributed by atoms with E-state index in [1.165, 1.54) is 6.39 Å². The maximum Gasteiger partial charge on any atom is 0.264 e. The third-order valence-electron chi connectivity index (χ3n) is 2.70. The molecule has 0 aliphatic heterocycles. The van der Waals surface area contributed by atoms with Crippen LogP contribution >= 0.6 is 0 Å². The number of nitrogens with zero attached hydrogens (tertiary/aromatic N) is 3. The van der Waals surface area contributed by atoms with E-state index in [4.69, 9.17) is 4.42 Å². The Kier molecular flexibility index (Phi) is 2.26. The van der Waals surface area contributed by atoms with Crippen LogP contribution in [-0.4, -0.2) is 14.8 Å². The van der Waals surface area contributed by atoms with E-state index in [1.807, 2.05) is 24.3 Å². The normalized spacial score (nSPS) is 10.8. The molecule has 0 aliphatic rings. The molecule has 0 aliphatic carbocycles. The van der Waals surface area contributed by atoms with Gasteiger partial charge in [-0.05, 0) is 12.1 Å². The minimum absolute atomic E-state index is 0.531. The van der Waals surface area contributed by atoms with E-state index >= 15 is 0 Å². The predicted octanol–water partition coefficient (Wildman–Crippen LogP) is 2.88. The molecule has 3 rings (SSSR count). The van der Waals surface area contributed by atoms with Crippen molar-refractivity contribution in [3.8, 4) is 11.6 Å². The molecule has 0 radical (unpaired) electrons. The molecule has 17 heavy (non-hydrogen) atoms. The van der Waals surface area contributed by atoms with E-state index in [9.17, 15) is 0 Å². The Hall–Kier alpha value is -2.36. The Morgan fingerprint density at radius 3 is 3.00 bits per heavy atom. The van der Waals surface area contributed by atoms with Crippen molar-refractivity contribution in [2.75, 3.05) is 0 Å². The fourth-order valence-corrected chi connectivity index (χ4v) is 2.00. The molecular weight excluding hydrogens is 214 g/mol. The van der Waals surface area contributed by atoms with Gasteiger partial charge in [0.2, 0.25) is 6.39 Å². The van der Waals surface area contributed by atoms with E-state index in [0.717, 1.165) is 16.6 Å².